The van der Waals surface area contributed by atoms with E-state index in [4.69, 9.17) is 0 Å². The summed E-state index contributed by atoms with van der Waals surface area (Å²) in [6, 6.07) is 42.7. The SMILES string of the molecule is Cc1ccc(C(O)(c2ccc(C)cc2)c2c(-c3ccc([Si](C)(C)C)s3)sc3c(C(O)(c4ccc(C)cc4)c4ccc(C)cc4)c(-c4ccc([Si](C)(C)C)s4)sc23)cc1. The predicted molar refractivity (Wildman–Crippen MR) is 261 cm³/mol. The Morgan fingerprint density at radius 1 is 0.362 bits per heavy atom. The highest BCUT2D eigenvalue weighted by Gasteiger charge is 2.45. The van der Waals surface area contributed by atoms with Crippen molar-refractivity contribution in [2.75, 3.05) is 0 Å². The first-order valence-electron chi connectivity index (χ1n) is 19.9. The van der Waals surface area contributed by atoms with Crippen LogP contribution < -0.4 is 9.00 Å². The summed E-state index contributed by atoms with van der Waals surface area (Å²) < 4.78 is 4.87. The Bertz CT molecular complexity index is 2450. The van der Waals surface area contributed by atoms with Gasteiger partial charge in [-0.1, -0.05) is 171 Å². The molecule has 0 spiro atoms. The largest absolute Gasteiger partial charge is 0.376 e. The molecule has 8 heteroatoms. The van der Waals surface area contributed by atoms with Crippen molar-refractivity contribution in [3.8, 4) is 19.5 Å². The summed E-state index contributed by atoms with van der Waals surface area (Å²) in [4.78, 5) is 4.40. The van der Waals surface area contributed by atoms with Crippen molar-refractivity contribution in [2.45, 2.75) is 78.2 Å². The molecule has 8 rings (SSSR count). The molecule has 4 heterocycles. The van der Waals surface area contributed by atoms with E-state index in [1.54, 1.807) is 22.7 Å². The van der Waals surface area contributed by atoms with E-state index in [1.807, 2.05) is 22.7 Å². The van der Waals surface area contributed by atoms with Gasteiger partial charge in [-0.15, -0.1) is 45.3 Å². The van der Waals surface area contributed by atoms with Gasteiger partial charge in [0, 0.05) is 20.9 Å². The number of aliphatic hydroxyl groups is 2. The minimum absolute atomic E-state index is 0.825. The van der Waals surface area contributed by atoms with E-state index >= 15 is 0 Å². The summed E-state index contributed by atoms with van der Waals surface area (Å²) in [5.74, 6) is 0. The van der Waals surface area contributed by atoms with Gasteiger partial charge in [-0.2, -0.15) is 0 Å². The van der Waals surface area contributed by atoms with Gasteiger partial charge in [0.15, 0.2) is 0 Å². The molecular weight excluding hydrogens is 817 g/mol. The molecule has 296 valence electrons. The molecule has 0 fully saturated rings. The third-order valence-corrected chi connectivity index (χ3v) is 23.5. The average molecular weight is 869 g/mol. The van der Waals surface area contributed by atoms with Crippen molar-refractivity contribution in [3.63, 3.8) is 0 Å². The molecule has 0 saturated carbocycles. The molecule has 58 heavy (non-hydrogen) atoms. The first-order valence-corrected chi connectivity index (χ1v) is 30.2. The second-order valence-corrected chi connectivity index (χ2v) is 33.0. The molecule has 8 aromatic rings. The van der Waals surface area contributed by atoms with Crippen molar-refractivity contribution in [1.82, 2.24) is 0 Å². The topological polar surface area (TPSA) is 40.5 Å². The minimum atomic E-state index is -1.65. The van der Waals surface area contributed by atoms with Crippen LogP contribution in [0.4, 0.5) is 0 Å². The standard InChI is InChI=1S/C50H52O2S4Si2/c1-31-11-19-35(20-12-31)49(51,36-21-13-32(2)14-22-36)43-45(39-27-29-41(53-39)57(5,6)7)55-48-44(46(56-47(43)48)40-28-30-42(54-40)58(8,9)10)50(52,37-23-15-33(3)16-24-37)38-25-17-34(4)18-26-38/h11-30,51-52H,1-10H3. The molecule has 0 unspecified atom stereocenters. The van der Waals surface area contributed by atoms with E-state index < -0.39 is 27.3 Å². The van der Waals surface area contributed by atoms with Crippen molar-refractivity contribution in [2.24, 2.45) is 0 Å². The molecule has 0 bridgehead atoms. The number of hydrogen-bond donors (Lipinski definition) is 2. The molecular formula is C50H52O2S4Si2. The van der Waals surface area contributed by atoms with Gasteiger partial charge < -0.3 is 10.2 Å². The fourth-order valence-electron chi connectivity index (χ4n) is 7.75. The maximum absolute atomic E-state index is 14.0. The quantitative estimate of drug-likeness (QED) is 0.134. The van der Waals surface area contributed by atoms with Gasteiger partial charge in [0.2, 0.25) is 0 Å². The van der Waals surface area contributed by atoms with Crippen LogP contribution in [0.1, 0.15) is 55.6 Å². The lowest BCUT2D eigenvalue weighted by atomic mass is 9.78. The maximum Gasteiger partial charge on any atom is 0.143 e. The molecule has 4 aromatic carbocycles. The summed E-state index contributed by atoms with van der Waals surface area (Å²) in [7, 11) is -3.30. The molecule has 0 aliphatic heterocycles. The second kappa shape index (κ2) is 15.1. The third-order valence-electron chi connectivity index (χ3n) is 11.3. The maximum atomic E-state index is 14.0. The molecule has 2 nitrogen and oxygen atoms in total. The van der Waals surface area contributed by atoms with Crippen LogP contribution in [-0.4, -0.2) is 26.4 Å². The summed E-state index contributed by atoms with van der Waals surface area (Å²) in [5, 5.41) is 27.9. The van der Waals surface area contributed by atoms with E-state index in [0.29, 0.717) is 0 Å². The smallest absolute Gasteiger partial charge is 0.143 e. The number of benzene rings is 4. The number of rotatable bonds is 10. The molecule has 0 aliphatic carbocycles. The first-order chi connectivity index (χ1) is 27.4. The summed E-state index contributed by atoms with van der Waals surface area (Å²) in [6.45, 7) is 22.8. The Hall–Kier alpha value is -3.71. The zero-order valence-corrected chi connectivity index (χ0v) is 40.3. The predicted octanol–water partition coefficient (Wildman–Crippen LogP) is 13.3. The molecule has 4 aromatic heterocycles. The fraction of sp³-hybridized carbons (Fsp3) is 0.240. The van der Waals surface area contributed by atoms with E-state index in [0.717, 1.165) is 84.5 Å². The van der Waals surface area contributed by atoms with Gasteiger partial charge in [-0.3, -0.25) is 0 Å². The van der Waals surface area contributed by atoms with Gasteiger partial charge >= 0.3 is 0 Å². The summed E-state index contributed by atoms with van der Waals surface area (Å²) >= 11 is 7.19. The Morgan fingerprint density at radius 2 is 0.621 bits per heavy atom. The van der Waals surface area contributed by atoms with Gasteiger partial charge in [0.25, 0.3) is 0 Å². The van der Waals surface area contributed by atoms with Crippen LogP contribution in [0.25, 0.3) is 28.9 Å². The normalized spacial score (nSPS) is 12.8. The van der Waals surface area contributed by atoms with E-state index in [1.165, 1.54) is 9.00 Å². The van der Waals surface area contributed by atoms with E-state index in [9.17, 15) is 10.2 Å². The van der Waals surface area contributed by atoms with Crippen molar-refractivity contribution < 1.29 is 10.2 Å². The van der Waals surface area contributed by atoms with Crippen molar-refractivity contribution in [1.29, 1.82) is 0 Å². The number of thiophene rings is 4. The van der Waals surface area contributed by atoms with E-state index in [-0.39, 0.29) is 0 Å². The van der Waals surface area contributed by atoms with Crippen molar-refractivity contribution >= 4 is 79.9 Å². The molecule has 0 atom stereocenters. The molecule has 0 radical (unpaired) electrons. The lowest BCUT2D eigenvalue weighted by molar-refractivity contribution is 0.127. The fourth-order valence-corrected chi connectivity index (χ4v) is 16.9. The van der Waals surface area contributed by atoms with Crippen LogP contribution in [0.3, 0.4) is 0 Å². The van der Waals surface area contributed by atoms with Gasteiger partial charge in [-0.05, 0) is 71.1 Å². The van der Waals surface area contributed by atoms with Crippen LogP contribution in [0.15, 0.2) is 121 Å². The zero-order chi connectivity index (χ0) is 41.4. The third kappa shape index (κ3) is 7.19. The Balaban J connectivity index is 1.57. The number of aryl methyl sites for hydroxylation is 4. The molecule has 0 amide bonds. The number of fused-ring (bicyclic) bond motifs is 1. The summed E-state index contributed by atoms with van der Waals surface area (Å²) in [6.07, 6.45) is 0. The molecule has 0 saturated heterocycles. The minimum Gasteiger partial charge on any atom is -0.376 e. The van der Waals surface area contributed by atoms with Crippen LogP contribution in [0.5, 0.6) is 0 Å². The lowest BCUT2D eigenvalue weighted by Crippen LogP contribution is -2.34. The highest BCUT2D eigenvalue weighted by Crippen LogP contribution is 2.59. The first kappa shape index (κ1) is 41.0. The highest BCUT2D eigenvalue weighted by atomic mass is 32.1. The Labute approximate surface area is 362 Å². The van der Waals surface area contributed by atoms with Crippen LogP contribution in [0, 0.1) is 27.7 Å². The van der Waals surface area contributed by atoms with Gasteiger partial charge in [0.05, 0.1) is 35.3 Å². The average Bonchev–Trinajstić information content (AvgIpc) is 3.99. The van der Waals surface area contributed by atoms with Crippen molar-refractivity contribution in [3.05, 3.63) is 177 Å². The Kier molecular flexibility index (Phi) is 10.7. The van der Waals surface area contributed by atoms with Crippen LogP contribution in [0.2, 0.25) is 39.3 Å². The van der Waals surface area contributed by atoms with Gasteiger partial charge in [-0.25, -0.2) is 0 Å². The lowest BCUT2D eigenvalue weighted by Gasteiger charge is -2.31. The second-order valence-electron chi connectivity index (χ2n) is 18.0. The molecule has 2 N–H and O–H groups in total. The summed E-state index contributed by atoms with van der Waals surface area (Å²) in [5.41, 5.74) is 6.64. The van der Waals surface area contributed by atoms with Crippen LogP contribution in [-0.2, 0) is 11.2 Å². The zero-order valence-electron chi connectivity index (χ0n) is 35.1. The molecule has 0 aliphatic rings. The monoisotopic (exact) mass is 868 g/mol. The van der Waals surface area contributed by atoms with Gasteiger partial charge in [0.1, 0.15) is 11.2 Å². The van der Waals surface area contributed by atoms with Crippen LogP contribution >= 0.6 is 45.3 Å². The highest BCUT2D eigenvalue weighted by molar-refractivity contribution is 7.36. The van der Waals surface area contributed by atoms with E-state index in [2.05, 4.69) is 188 Å². The number of hydrogen-bond acceptors (Lipinski definition) is 6. The Morgan fingerprint density at radius 3 is 0.845 bits per heavy atom.